The van der Waals surface area contributed by atoms with Crippen molar-refractivity contribution in [2.24, 2.45) is 9.98 Å². The summed E-state index contributed by atoms with van der Waals surface area (Å²) in [5, 5.41) is 3.63. The summed E-state index contributed by atoms with van der Waals surface area (Å²) in [7, 11) is 6.01. The number of hydrogen-bond acceptors (Lipinski definition) is 8. The smallest absolute Gasteiger partial charge is 0.133 e. The van der Waals surface area contributed by atoms with Gasteiger partial charge in [0.05, 0.1) is 18.8 Å². The first-order valence-electron chi connectivity index (χ1n) is 12.1. The molecule has 2 unspecified atom stereocenters. The molecule has 0 aromatic heterocycles. The highest BCUT2D eigenvalue weighted by molar-refractivity contribution is 7.98. The fourth-order valence-electron chi connectivity index (χ4n) is 4.92. The molecule has 0 radical (unpaired) electrons. The van der Waals surface area contributed by atoms with Gasteiger partial charge in [-0.05, 0) is 43.8 Å². The number of thioether (sulfide) groups is 1. The van der Waals surface area contributed by atoms with Crippen LogP contribution in [-0.2, 0) is 6.42 Å². The summed E-state index contributed by atoms with van der Waals surface area (Å²) in [6.45, 7) is 4.22. The molecule has 1 fully saturated rings. The number of nitrogens with one attached hydrogen (secondary N) is 1. The number of amidine groups is 2. The van der Waals surface area contributed by atoms with Crippen molar-refractivity contribution in [3.05, 3.63) is 60.3 Å². The molecule has 3 heterocycles. The third-order valence-electron chi connectivity index (χ3n) is 6.97. The fourth-order valence-corrected chi connectivity index (χ4v) is 5.47. The lowest BCUT2D eigenvalue weighted by Gasteiger charge is -2.34. The van der Waals surface area contributed by atoms with Gasteiger partial charge in [-0.2, -0.15) is 0 Å². The number of likely N-dealkylation sites (N-methyl/N-ethyl adjacent to an activating group) is 2. The number of para-hydroxylation sites is 1. The van der Waals surface area contributed by atoms with Gasteiger partial charge in [0.25, 0.3) is 0 Å². The molecule has 7 nitrogen and oxygen atoms in total. The molecule has 8 heteroatoms. The third-order valence-corrected chi connectivity index (χ3v) is 7.76. The highest BCUT2D eigenvalue weighted by Crippen LogP contribution is 2.30. The van der Waals surface area contributed by atoms with E-state index in [1.165, 1.54) is 10.6 Å². The maximum atomic E-state index is 5.81. The summed E-state index contributed by atoms with van der Waals surface area (Å²) in [6, 6.07) is 15.0. The van der Waals surface area contributed by atoms with E-state index >= 15 is 0 Å². The van der Waals surface area contributed by atoms with Gasteiger partial charge in [-0.25, -0.2) is 4.99 Å². The predicted molar refractivity (Wildman–Crippen MR) is 148 cm³/mol. The standard InChI is InChI=1S/C27H34N6OS/c1-31-13-15-33(16-14-31)20-10-9-19(23(18-20)34-3)17-25-28-22-11-12-32(2)26(22)27(30-25)29-21-7-5-6-8-24(21)35-4/h5-12,18,22,26H,13-17H2,1-4H3,(H,28,29,30). The number of rotatable bonds is 6. The van der Waals surface area contributed by atoms with Crippen LogP contribution in [0.5, 0.6) is 5.75 Å². The number of aliphatic imine (C=N–C) groups is 2. The van der Waals surface area contributed by atoms with Gasteiger partial charge in [0.15, 0.2) is 0 Å². The van der Waals surface area contributed by atoms with Gasteiger partial charge >= 0.3 is 0 Å². The van der Waals surface area contributed by atoms with Gasteiger partial charge in [-0.3, -0.25) is 4.99 Å². The maximum Gasteiger partial charge on any atom is 0.133 e. The largest absolute Gasteiger partial charge is 0.496 e. The molecular formula is C27H34N6OS. The summed E-state index contributed by atoms with van der Waals surface area (Å²) < 4.78 is 5.81. The molecule has 0 bridgehead atoms. The van der Waals surface area contributed by atoms with Crippen LogP contribution in [0.4, 0.5) is 11.4 Å². The van der Waals surface area contributed by atoms with Crippen molar-refractivity contribution in [2.45, 2.75) is 23.4 Å². The normalized spacial score (nSPS) is 22.1. The number of fused-ring (bicyclic) bond motifs is 1. The zero-order chi connectivity index (χ0) is 24.4. The van der Waals surface area contributed by atoms with Crippen LogP contribution in [0.3, 0.4) is 0 Å². The number of nitrogens with zero attached hydrogens (tertiary/aromatic N) is 5. The molecule has 184 valence electrons. The van der Waals surface area contributed by atoms with Crippen molar-refractivity contribution in [3.63, 3.8) is 0 Å². The average molecular weight is 491 g/mol. The van der Waals surface area contributed by atoms with Crippen LogP contribution in [0.25, 0.3) is 0 Å². The average Bonchev–Trinajstić information content (AvgIpc) is 3.25. The van der Waals surface area contributed by atoms with Gasteiger partial charge < -0.3 is 24.8 Å². The number of anilines is 2. The van der Waals surface area contributed by atoms with Gasteiger partial charge in [0.2, 0.25) is 0 Å². The lowest BCUT2D eigenvalue weighted by molar-refractivity contribution is 0.312. The maximum absolute atomic E-state index is 5.81. The number of piperazine rings is 1. The Labute approximate surface area is 212 Å². The first kappa shape index (κ1) is 23.8. The van der Waals surface area contributed by atoms with Gasteiger partial charge in [-0.15, -0.1) is 11.8 Å². The Balaban J connectivity index is 1.40. The Kier molecular flexibility index (Phi) is 7.02. The number of ether oxygens (including phenoxy) is 1. The van der Waals surface area contributed by atoms with Crippen LogP contribution < -0.4 is 15.0 Å². The Morgan fingerprint density at radius 1 is 1.09 bits per heavy atom. The first-order chi connectivity index (χ1) is 17.1. The molecule has 1 N–H and O–H groups in total. The number of hydrogen-bond donors (Lipinski definition) is 1. The highest BCUT2D eigenvalue weighted by atomic mass is 32.2. The second-order valence-electron chi connectivity index (χ2n) is 9.27. The topological polar surface area (TPSA) is 55.7 Å². The quantitative estimate of drug-likeness (QED) is 0.621. The lowest BCUT2D eigenvalue weighted by Crippen LogP contribution is -2.46. The fraction of sp³-hybridized carbons (Fsp3) is 0.407. The molecule has 3 aliphatic heterocycles. The molecule has 2 aromatic rings. The monoisotopic (exact) mass is 490 g/mol. The van der Waals surface area contributed by atoms with E-state index in [2.05, 4.69) is 95.1 Å². The summed E-state index contributed by atoms with van der Waals surface area (Å²) in [5.74, 6) is 2.64. The van der Waals surface area contributed by atoms with Crippen molar-refractivity contribution >= 4 is 34.8 Å². The Morgan fingerprint density at radius 3 is 2.66 bits per heavy atom. The van der Waals surface area contributed by atoms with Crippen LogP contribution in [-0.4, -0.2) is 87.2 Å². The van der Waals surface area contributed by atoms with Crippen molar-refractivity contribution in [1.82, 2.24) is 9.80 Å². The van der Waals surface area contributed by atoms with E-state index in [1.807, 2.05) is 0 Å². The van der Waals surface area contributed by atoms with Crippen molar-refractivity contribution in [3.8, 4) is 5.75 Å². The number of methoxy groups -OCH3 is 1. The van der Waals surface area contributed by atoms with E-state index in [9.17, 15) is 0 Å². The third kappa shape index (κ3) is 5.04. The Bertz CT molecular complexity index is 1150. The predicted octanol–water partition coefficient (Wildman–Crippen LogP) is 3.83. The van der Waals surface area contributed by atoms with Crippen molar-refractivity contribution < 1.29 is 4.74 Å². The zero-order valence-corrected chi connectivity index (χ0v) is 21.8. The van der Waals surface area contributed by atoms with E-state index in [1.54, 1.807) is 18.9 Å². The highest BCUT2D eigenvalue weighted by Gasteiger charge is 2.35. The first-order valence-corrected chi connectivity index (χ1v) is 13.3. The zero-order valence-electron chi connectivity index (χ0n) is 20.9. The molecule has 2 atom stereocenters. The SMILES string of the molecule is COc1cc(N2CCN(C)CC2)ccc1CC1=NC2C=CN(C)C2C(Nc2ccccc2SC)=N1. The van der Waals surface area contributed by atoms with Gasteiger partial charge in [-0.1, -0.05) is 18.2 Å². The van der Waals surface area contributed by atoms with E-state index in [0.29, 0.717) is 6.42 Å². The van der Waals surface area contributed by atoms with Crippen molar-refractivity contribution in [1.29, 1.82) is 0 Å². The Morgan fingerprint density at radius 2 is 1.89 bits per heavy atom. The lowest BCUT2D eigenvalue weighted by atomic mass is 10.0. The van der Waals surface area contributed by atoms with E-state index in [0.717, 1.165) is 54.9 Å². The minimum atomic E-state index is 0.0482. The summed E-state index contributed by atoms with van der Waals surface area (Å²) >= 11 is 1.73. The molecule has 3 aliphatic rings. The van der Waals surface area contributed by atoms with Crippen LogP contribution >= 0.6 is 11.8 Å². The van der Waals surface area contributed by atoms with Crippen LogP contribution in [0.2, 0.25) is 0 Å². The molecule has 0 spiro atoms. The molecule has 1 saturated heterocycles. The molecule has 0 amide bonds. The molecule has 0 saturated carbocycles. The number of benzene rings is 2. The van der Waals surface area contributed by atoms with Crippen LogP contribution in [0.15, 0.2) is 69.6 Å². The Hall–Kier alpha value is -2.97. The van der Waals surface area contributed by atoms with Crippen molar-refractivity contribution in [2.75, 3.05) is 63.9 Å². The second-order valence-corrected chi connectivity index (χ2v) is 10.1. The van der Waals surface area contributed by atoms with E-state index in [-0.39, 0.29) is 12.1 Å². The van der Waals surface area contributed by atoms with Gasteiger partial charge in [0, 0.05) is 61.9 Å². The van der Waals surface area contributed by atoms with E-state index < -0.39 is 0 Å². The molecule has 5 rings (SSSR count). The van der Waals surface area contributed by atoms with Crippen LogP contribution in [0.1, 0.15) is 5.56 Å². The minimum absolute atomic E-state index is 0.0482. The summed E-state index contributed by atoms with van der Waals surface area (Å²) in [6.07, 6.45) is 6.99. The summed E-state index contributed by atoms with van der Waals surface area (Å²) in [4.78, 5) is 18.2. The second kappa shape index (κ2) is 10.3. The van der Waals surface area contributed by atoms with Crippen LogP contribution in [0, 0.1) is 0 Å². The molecule has 0 aliphatic carbocycles. The molecule has 35 heavy (non-hydrogen) atoms. The molecular weight excluding hydrogens is 456 g/mol. The summed E-state index contributed by atoms with van der Waals surface area (Å²) in [5.41, 5.74) is 3.39. The van der Waals surface area contributed by atoms with Gasteiger partial charge in [0.1, 0.15) is 23.5 Å². The minimum Gasteiger partial charge on any atom is -0.496 e. The molecule has 2 aromatic carbocycles. The van der Waals surface area contributed by atoms with E-state index in [4.69, 9.17) is 14.7 Å².